The van der Waals surface area contributed by atoms with Crippen LogP contribution in [0.2, 0.25) is 0 Å². The van der Waals surface area contributed by atoms with Crippen LogP contribution in [0.1, 0.15) is 6.92 Å². The van der Waals surface area contributed by atoms with E-state index in [-0.39, 0.29) is 0 Å². The maximum atomic E-state index is 5.09. The van der Waals surface area contributed by atoms with Gasteiger partial charge in [0.15, 0.2) is 0 Å². The molecule has 0 rings (SSSR count). The van der Waals surface area contributed by atoms with Crippen molar-refractivity contribution < 1.29 is 0 Å². The topological polar surface area (TPSA) is 26.0 Å². The Labute approximate surface area is 38.0 Å². The molecule has 5 heavy (non-hydrogen) atoms. The summed E-state index contributed by atoms with van der Waals surface area (Å²) in [7, 11) is 0. The fourth-order valence-electron chi connectivity index (χ4n) is 0. The Morgan fingerprint density at radius 3 is 2.20 bits per heavy atom. The number of thiol groups is 1. The first kappa shape index (κ1) is 5.31. The highest BCUT2D eigenvalue weighted by Gasteiger charge is 1.81. The van der Waals surface area contributed by atoms with Gasteiger partial charge in [0.25, 0.3) is 0 Å². The summed E-state index contributed by atoms with van der Waals surface area (Å²) >= 11 is 3.97. The lowest BCUT2D eigenvalue weighted by atomic mass is 10.5. The van der Waals surface area contributed by atoms with Gasteiger partial charge in [0.05, 0.1) is 0 Å². The van der Waals surface area contributed by atoms with Crippen molar-refractivity contribution in [2.45, 2.75) is 12.2 Å². The molecule has 0 bridgehead atoms. The van der Waals surface area contributed by atoms with Gasteiger partial charge in [-0.1, -0.05) is 6.92 Å². The zero-order valence-corrected chi connectivity index (χ0v) is 4.20. The summed E-state index contributed by atoms with van der Waals surface area (Å²) in [5.74, 6) is 0. The average molecular weight is 91.2 g/mol. The molecule has 0 aliphatic rings. The normalized spacial score (nSPS) is 15.0. The number of hydrogen-bond donors (Lipinski definition) is 2. The lowest BCUT2D eigenvalue weighted by Gasteiger charge is -1.90. The van der Waals surface area contributed by atoms with Crippen LogP contribution in [-0.4, -0.2) is 11.8 Å². The second kappa shape index (κ2) is 2.54. The van der Waals surface area contributed by atoms with Crippen LogP contribution in [0.4, 0.5) is 0 Å². The van der Waals surface area contributed by atoms with E-state index in [9.17, 15) is 0 Å². The van der Waals surface area contributed by atoms with Gasteiger partial charge in [0, 0.05) is 11.8 Å². The Balaban J connectivity index is 2.54. The van der Waals surface area contributed by atoms with E-state index in [1.807, 2.05) is 6.92 Å². The lowest BCUT2D eigenvalue weighted by Crippen LogP contribution is -2.08. The van der Waals surface area contributed by atoms with Crippen LogP contribution in [0.5, 0.6) is 0 Å². The first-order valence-electron chi connectivity index (χ1n) is 1.65. The maximum absolute atomic E-state index is 5.09. The summed E-state index contributed by atoms with van der Waals surface area (Å²) in [5, 5.41) is 0.356. The Morgan fingerprint density at radius 2 is 2.20 bits per heavy atom. The molecule has 0 aromatic rings. The Hall–Kier alpha value is 0.310. The van der Waals surface area contributed by atoms with E-state index in [1.54, 1.807) is 0 Å². The van der Waals surface area contributed by atoms with Crippen LogP contribution in [0.3, 0.4) is 0 Å². The highest BCUT2D eigenvalue weighted by Crippen LogP contribution is 1.83. The van der Waals surface area contributed by atoms with E-state index in [2.05, 4.69) is 12.6 Å². The minimum absolute atomic E-state index is 0.356. The first-order chi connectivity index (χ1) is 2.27. The van der Waals surface area contributed by atoms with Crippen molar-refractivity contribution >= 4 is 12.6 Å². The van der Waals surface area contributed by atoms with Crippen molar-refractivity contribution in [3.8, 4) is 0 Å². The molecule has 0 aromatic heterocycles. The summed E-state index contributed by atoms with van der Waals surface area (Å²) in [6, 6.07) is 0. The maximum Gasteiger partial charge on any atom is 0.0111 e. The van der Waals surface area contributed by atoms with E-state index in [0.29, 0.717) is 11.8 Å². The number of nitrogens with two attached hydrogens (primary N) is 1. The zero-order chi connectivity index (χ0) is 4.28. The summed E-state index contributed by atoms with van der Waals surface area (Å²) in [6.45, 7) is 2.63. The molecule has 1 nitrogen and oxygen atoms in total. The minimum atomic E-state index is 0.356. The highest BCUT2D eigenvalue weighted by molar-refractivity contribution is 7.80. The van der Waals surface area contributed by atoms with E-state index in [0.717, 1.165) is 0 Å². The van der Waals surface area contributed by atoms with Crippen LogP contribution in [0.15, 0.2) is 0 Å². The van der Waals surface area contributed by atoms with Crippen molar-refractivity contribution in [2.24, 2.45) is 5.73 Å². The van der Waals surface area contributed by atoms with Gasteiger partial charge < -0.3 is 5.73 Å². The molecule has 0 amide bonds. The lowest BCUT2D eigenvalue weighted by molar-refractivity contribution is 0.959. The molecule has 0 saturated heterocycles. The van der Waals surface area contributed by atoms with Crippen molar-refractivity contribution in [1.82, 2.24) is 0 Å². The molecule has 0 aliphatic carbocycles. The molecule has 2 heteroatoms. The molecule has 0 aliphatic heterocycles. The van der Waals surface area contributed by atoms with Crippen LogP contribution < -0.4 is 5.73 Å². The fraction of sp³-hybridized carbons (Fsp3) is 1.00. The Bertz CT molecular complexity index is 20.9. The van der Waals surface area contributed by atoms with Gasteiger partial charge in [-0.2, -0.15) is 12.6 Å². The monoisotopic (exact) mass is 91.0 g/mol. The zero-order valence-electron chi connectivity index (χ0n) is 3.31. The van der Waals surface area contributed by atoms with Crippen LogP contribution in [-0.2, 0) is 0 Å². The van der Waals surface area contributed by atoms with Gasteiger partial charge in [-0.25, -0.2) is 0 Å². The summed E-state index contributed by atoms with van der Waals surface area (Å²) < 4.78 is 0. The first-order valence-corrected chi connectivity index (χ1v) is 2.17. The molecular formula is C3H9NS. The largest absolute Gasteiger partial charge is 0.329 e. The van der Waals surface area contributed by atoms with Gasteiger partial charge in [0.1, 0.15) is 0 Å². The SMILES string of the molecule is C[C@H](S)CN. The molecule has 2 N–H and O–H groups in total. The third-order valence-electron chi connectivity index (χ3n) is 0.341. The van der Waals surface area contributed by atoms with E-state index in [1.165, 1.54) is 0 Å². The predicted octanol–water partition coefficient (Wildman–Crippen LogP) is 0.263. The van der Waals surface area contributed by atoms with E-state index in [4.69, 9.17) is 5.73 Å². The molecule has 0 spiro atoms. The molecule has 0 heterocycles. The molecule has 0 saturated carbocycles. The van der Waals surface area contributed by atoms with Crippen LogP contribution in [0, 0.1) is 0 Å². The van der Waals surface area contributed by atoms with Gasteiger partial charge in [-0.15, -0.1) is 0 Å². The Morgan fingerprint density at radius 1 is 2.00 bits per heavy atom. The quantitative estimate of drug-likeness (QED) is 0.445. The highest BCUT2D eigenvalue weighted by atomic mass is 32.1. The molecule has 0 radical (unpaired) electrons. The number of hydrogen-bond acceptors (Lipinski definition) is 2. The number of rotatable bonds is 1. The molecule has 0 aromatic carbocycles. The van der Waals surface area contributed by atoms with Gasteiger partial charge in [-0.3, -0.25) is 0 Å². The van der Waals surface area contributed by atoms with Gasteiger partial charge in [0.2, 0.25) is 0 Å². The van der Waals surface area contributed by atoms with Crippen LogP contribution >= 0.6 is 12.6 Å². The van der Waals surface area contributed by atoms with Crippen molar-refractivity contribution in [3.63, 3.8) is 0 Å². The molecule has 0 fully saturated rings. The van der Waals surface area contributed by atoms with Gasteiger partial charge in [-0.05, 0) is 0 Å². The van der Waals surface area contributed by atoms with Crippen molar-refractivity contribution in [3.05, 3.63) is 0 Å². The van der Waals surface area contributed by atoms with Crippen LogP contribution in [0.25, 0.3) is 0 Å². The standard InChI is InChI=1S/C3H9NS/c1-3(5)2-4/h3,5H,2,4H2,1H3/t3-/m0/s1. The third kappa shape index (κ3) is 4.31. The Kier molecular flexibility index (Phi) is 2.70. The van der Waals surface area contributed by atoms with E-state index >= 15 is 0 Å². The smallest absolute Gasteiger partial charge is 0.0111 e. The molecule has 0 unspecified atom stereocenters. The van der Waals surface area contributed by atoms with Crippen molar-refractivity contribution in [1.29, 1.82) is 0 Å². The summed E-state index contributed by atoms with van der Waals surface area (Å²) in [4.78, 5) is 0. The average Bonchev–Trinajstić information content (AvgIpc) is 1.38. The van der Waals surface area contributed by atoms with E-state index < -0.39 is 0 Å². The summed E-state index contributed by atoms with van der Waals surface area (Å²) in [5.41, 5.74) is 5.09. The summed E-state index contributed by atoms with van der Waals surface area (Å²) in [6.07, 6.45) is 0. The van der Waals surface area contributed by atoms with Gasteiger partial charge >= 0.3 is 0 Å². The molecular weight excluding hydrogens is 82.1 g/mol. The molecule has 32 valence electrons. The van der Waals surface area contributed by atoms with Crippen molar-refractivity contribution in [2.75, 3.05) is 6.54 Å². The third-order valence-corrected chi connectivity index (χ3v) is 0.552. The minimum Gasteiger partial charge on any atom is -0.329 e. The second-order valence-electron chi connectivity index (χ2n) is 1.08. The second-order valence-corrected chi connectivity index (χ2v) is 1.97. The fourth-order valence-corrected chi connectivity index (χ4v) is 0. The molecule has 1 atom stereocenters. The predicted molar refractivity (Wildman–Crippen MR) is 27.5 cm³/mol.